The fraction of sp³-hybridized carbons (Fsp3) is 0.474. The van der Waals surface area contributed by atoms with Crippen molar-refractivity contribution in [3.05, 3.63) is 68.8 Å². The number of methoxy groups -OCH3 is 2. The summed E-state index contributed by atoms with van der Waals surface area (Å²) >= 11 is 0. The molecule has 3 aliphatic heterocycles. The van der Waals surface area contributed by atoms with E-state index >= 15 is 0 Å². The summed E-state index contributed by atoms with van der Waals surface area (Å²) in [6, 6.07) is 6.42. The zero-order chi connectivity index (χ0) is 33.9. The summed E-state index contributed by atoms with van der Waals surface area (Å²) in [5.74, 6) is -1.40. The predicted octanol–water partition coefficient (Wildman–Crippen LogP) is 6.67. The SMILES string of the molecule is CCc1c(C)c2cc3[nH]c(cc4nc(c5c6nc(cc1[nH]2)C(C)=C6C1(C5)OCCO1)[C@@H](CCC(=O)OC)[C@@H]4C)c(C)c3CCC(=O)OC. The molecule has 0 aromatic carbocycles. The summed E-state index contributed by atoms with van der Waals surface area (Å²) in [6.45, 7) is 11.7. The van der Waals surface area contributed by atoms with E-state index in [9.17, 15) is 9.59 Å². The number of aromatic amines is 2. The van der Waals surface area contributed by atoms with Crippen molar-refractivity contribution in [1.82, 2.24) is 19.9 Å². The Bertz CT molecular complexity index is 2030. The molecule has 6 heterocycles. The number of rotatable bonds is 7. The molecule has 48 heavy (non-hydrogen) atoms. The quantitative estimate of drug-likeness (QED) is 0.271. The van der Waals surface area contributed by atoms with E-state index in [1.165, 1.54) is 25.3 Å². The largest absolute Gasteiger partial charge is 0.469 e. The van der Waals surface area contributed by atoms with Gasteiger partial charge in [0.15, 0.2) is 0 Å². The Labute approximate surface area is 280 Å². The number of nitrogens with one attached hydrogen (secondary N) is 2. The number of carbonyl (C=O) groups is 2. The average molecular weight is 653 g/mol. The molecular formula is C38H44N4O6. The molecule has 1 fully saturated rings. The van der Waals surface area contributed by atoms with E-state index < -0.39 is 5.79 Å². The van der Waals surface area contributed by atoms with E-state index in [4.69, 9.17) is 28.9 Å². The van der Waals surface area contributed by atoms with Gasteiger partial charge >= 0.3 is 11.9 Å². The Balaban J connectivity index is 1.57. The summed E-state index contributed by atoms with van der Waals surface area (Å²) < 4.78 is 22.9. The van der Waals surface area contributed by atoms with Crippen LogP contribution in [-0.4, -0.2) is 65.1 Å². The molecular weight excluding hydrogens is 608 g/mol. The van der Waals surface area contributed by atoms with E-state index in [1.54, 1.807) is 0 Å². The van der Waals surface area contributed by atoms with Crippen LogP contribution >= 0.6 is 0 Å². The molecule has 0 radical (unpaired) electrons. The lowest BCUT2D eigenvalue weighted by molar-refractivity contribution is -0.141. The van der Waals surface area contributed by atoms with Crippen molar-refractivity contribution in [3.8, 4) is 0 Å². The number of H-pyrrole nitrogens is 2. The lowest BCUT2D eigenvalue weighted by Gasteiger charge is -2.24. The maximum Gasteiger partial charge on any atom is 0.305 e. The van der Waals surface area contributed by atoms with Gasteiger partial charge in [0, 0.05) is 70.0 Å². The number of hydrogen-bond donors (Lipinski definition) is 2. The minimum atomic E-state index is -0.901. The minimum Gasteiger partial charge on any atom is -0.469 e. The zero-order valence-corrected chi connectivity index (χ0v) is 28.9. The molecule has 3 aromatic heterocycles. The van der Waals surface area contributed by atoms with Crippen molar-refractivity contribution in [2.75, 3.05) is 27.4 Å². The molecule has 252 valence electrons. The Morgan fingerprint density at radius 3 is 2.23 bits per heavy atom. The number of nitrogens with zero attached hydrogens (tertiary/aromatic N) is 2. The van der Waals surface area contributed by atoms with Crippen molar-refractivity contribution in [2.24, 2.45) is 0 Å². The van der Waals surface area contributed by atoms with Gasteiger partial charge in [-0.25, -0.2) is 4.98 Å². The van der Waals surface area contributed by atoms with Crippen molar-refractivity contribution in [2.45, 2.75) is 90.8 Å². The van der Waals surface area contributed by atoms with E-state index in [-0.39, 0.29) is 36.6 Å². The molecule has 3 aromatic rings. The van der Waals surface area contributed by atoms with Crippen molar-refractivity contribution in [3.63, 3.8) is 0 Å². The van der Waals surface area contributed by atoms with Gasteiger partial charge in [0.05, 0.1) is 44.5 Å². The number of aryl methyl sites for hydroxylation is 4. The van der Waals surface area contributed by atoms with Gasteiger partial charge in [-0.1, -0.05) is 13.8 Å². The Hall–Kier alpha value is -4.28. The third-order valence-electron chi connectivity index (χ3n) is 10.9. The zero-order valence-electron chi connectivity index (χ0n) is 28.9. The fourth-order valence-electron chi connectivity index (χ4n) is 8.12. The van der Waals surface area contributed by atoms with Gasteiger partial charge < -0.3 is 28.9 Å². The molecule has 10 nitrogen and oxygen atoms in total. The standard InChI is InChI=1S/C38H44N4O6/c1-8-23-19(2)28-16-32-24(9-11-33(43)45-6)20(3)27(40-32)15-29-21(4)25(10-12-34(44)46-7)36(41-29)26-18-38(47-13-14-48-38)35-22(5)30(42-37(26)35)17-31(23)39-28/h15-17,21,25,39-40H,8-14,18H2,1-7H3/t21-,25-/m0/s1. The summed E-state index contributed by atoms with van der Waals surface area (Å²) in [5, 5.41) is 0. The van der Waals surface area contributed by atoms with Gasteiger partial charge in [0.2, 0.25) is 5.79 Å². The van der Waals surface area contributed by atoms with E-state index in [1.807, 2.05) is 0 Å². The predicted molar refractivity (Wildman–Crippen MR) is 183 cm³/mol. The summed E-state index contributed by atoms with van der Waals surface area (Å²) in [5.41, 5.74) is 15.1. The molecule has 2 atom stereocenters. The van der Waals surface area contributed by atoms with Crippen LogP contribution in [0.1, 0.15) is 102 Å². The number of aromatic nitrogens is 4. The van der Waals surface area contributed by atoms with Crippen LogP contribution in [-0.2, 0) is 47.8 Å². The Morgan fingerprint density at radius 2 is 1.54 bits per heavy atom. The molecule has 1 spiro atoms. The Morgan fingerprint density at radius 1 is 0.896 bits per heavy atom. The van der Waals surface area contributed by atoms with Gasteiger partial charge in [-0.2, -0.15) is 0 Å². The van der Waals surface area contributed by atoms with Gasteiger partial charge in [-0.3, -0.25) is 14.6 Å². The molecule has 0 unspecified atom stereocenters. The minimum absolute atomic E-state index is 0.0221. The average Bonchev–Trinajstić information content (AvgIpc) is 3.91. The summed E-state index contributed by atoms with van der Waals surface area (Å²) in [7, 11) is 2.85. The molecule has 7 rings (SSSR count). The van der Waals surface area contributed by atoms with Gasteiger partial charge in [0.1, 0.15) is 0 Å². The Kier molecular flexibility index (Phi) is 8.28. The fourth-order valence-corrected chi connectivity index (χ4v) is 8.12. The van der Waals surface area contributed by atoms with Crippen LogP contribution in [0.2, 0.25) is 0 Å². The lowest BCUT2D eigenvalue weighted by Crippen LogP contribution is -2.30. The molecule has 1 saturated heterocycles. The van der Waals surface area contributed by atoms with Gasteiger partial charge in [0.25, 0.3) is 0 Å². The van der Waals surface area contributed by atoms with E-state index in [0.29, 0.717) is 32.5 Å². The number of allylic oxidation sites excluding steroid dienone is 1. The second-order valence-corrected chi connectivity index (χ2v) is 13.4. The molecule has 10 heteroatoms. The number of fused-ring (bicyclic) bond motifs is 9. The number of esters is 2. The first-order valence-electron chi connectivity index (χ1n) is 17.0. The monoisotopic (exact) mass is 652 g/mol. The molecule has 8 bridgehead atoms. The van der Waals surface area contributed by atoms with Crippen molar-refractivity contribution in [1.29, 1.82) is 0 Å². The lowest BCUT2D eigenvalue weighted by atomic mass is 9.85. The van der Waals surface area contributed by atoms with Crippen LogP contribution in [0.25, 0.3) is 33.2 Å². The highest BCUT2D eigenvalue weighted by molar-refractivity contribution is 5.98. The highest BCUT2D eigenvalue weighted by Gasteiger charge is 2.52. The number of ether oxygens (including phenoxy) is 4. The van der Waals surface area contributed by atoms with Crippen molar-refractivity contribution >= 4 is 45.2 Å². The maximum atomic E-state index is 12.4. The molecule has 0 amide bonds. The van der Waals surface area contributed by atoms with E-state index in [0.717, 1.165) is 79.1 Å². The van der Waals surface area contributed by atoms with Crippen molar-refractivity contribution < 1.29 is 28.5 Å². The van der Waals surface area contributed by atoms with E-state index in [2.05, 4.69) is 62.8 Å². The second kappa shape index (κ2) is 12.3. The van der Waals surface area contributed by atoms with Crippen LogP contribution in [0.3, 0.4) is 0 Å². The van der Waals surface area contributed by atoms with Crippen LogP contribution in [0, 0.1) is 13.8 Å². The van der Waals surface area contributed by atoms with Crippen LogP contribution in [0.4, 0.5) is 0 Å². The molecule has 2 N–H and O–H groups in total. The van der Waals surface area contributed by atoms with Crippen LogP contribution < -0.4 is 0 Å². The second-order valence-electron chi connectivity index (χ2n) is 13.4. The first-order valence-corrected chi connectivity index (χ1v) is 17.0. The smallest absolute Gasteiger partial charge is 0.305 e. The third kappa shape index (κ3) is 5.17. The normalized spacial score (nSPS) is 19.4. The first kappa shape index (κ1) is 32.3. The maximum absolute atomic E-state index is 12.4. The third-order valence-corrected chi connectivity index (χ3v) is 10.9. The van der Waals surface area contributed by atoms with Gasteiger partial charge in [-0.15, -0.1) is 0 Å². The highest BCUT2D eigenvalue weighted by atomic mass is 16.7. The van der Waals surface area contributed by atoms with Crippen LogP contribution in [0.5, 0.6) is 0 Å². The van der Waals surface area contributed by atoms with Gasteiger partial charge in [-0.05, 0) is 86.1 Å². The van der Waals surface area contributed by atoms with Crippen LogP contribution in [0.15, 0.2) is 18.2 Å². The number of carbonyl (C=O) groups excluding carboxylic acids is 2. The highest BCUT2D eigenvalue weighted by Crippen LogP contribution is 2.53. The molecule has 0 saturated carbocycles. The molecule has 1 aliphatic carbocycles. The summed E-state index contributed by atoms with van der Waals surface area (Å²) in [6.07, 6.45) is 3.06. The molecule has 4 aliphatic rings. The summed E-state index contributed by atoms with van der Waals surface area (Å²) in [4.78, 5) is 42.7. The number of hydrogen-bond acceptors (Lipinski definition) is 8. The first-order chi connectivity index (χ1) is 23.1. The topological polar surface area (TPSA) is 128 Å².